The molecule has 1 N–H and O–H groups in total. The summed E-state index contributed by atoms with van der Waals surface area (Å²) in [5.41, 5.74) is 3.12. The molecule has 1 atom stereocenters. The van der Waals surface area contributed by atoms with Gasteiger partial charge in [-0.1, -0.05) is 54.4 Å². The Bertz CT molecular complexity index is 630. The summed E-state index contributed by atoms with van der Waals surface area (Å²) in [7, 11) is 0. The van der Waals surface area contributed by atoms with E-state index < -0.39 is 0 Å². The Balaban J connectivity index is 1.82. The molecule has 0 aromatic heterocycles. The van der Waals surface area contributed by atoms with Crippen LogP contribution in [0.4, 0.5) is 5.69 Å². The van der Waals surface area contributed by atoms with Gasteiger partial charge in [0.25, 0.3) is 0 Å². The predicted molar refractivity (Wildman–Crippen MR) is 94.4 cm³/mol. The van der Waals surface area contributed by atoms with E-state index in [9.17, 15) is 4.79 Å². The fourth-order valence-corrected chi connectivity index (χ4v) is 3.19. The van der Waals surface area contributed by atoms with Crippen LogP contribution in [0.15, 0.2) is 54.6 Å². The SMILES string of the molecule is Cc1ccc(NC(=O)C(c2ccccc2)N2CCCCC2)cc1. The largest absolute Gasteiger partial charge is 0.324 e. The fourth-order valence-electron chi connectivity index (χ4n) is 3.19. The zero-order valence-corrected chi connectivity index (χ0v) is 13.7. The Morgan fingerprint density at radius 2 is 1.61 bits per heavy atom. The maximum Gasteiger partial charge on any atom is 0.246 e. The van der Waals surface area contributed by atoms with Gasteiger partial charge in [0.2, 0.25) is 5.91 Å². The molecule has 0 spiro atoms. The Hall–Kier alpha value is -2.13. The van der Waals surface area contributed by atoms with E-state index in [1.807, 2.05) is 61.5 Å². The number of hydrogen-bond donors (Lipinski definition) is 1. The normalized spacial score (nSPS) is 16.7. The highest BCUT2D eigenvalue weighted by Gasteiger charge is 2.28. The summed E-state index contributed by atoms with van der Waals surface area (Å²) in [5.74, 6) is 0.0574. The standard InChI is InChI=1S/C20H24N2O/c1-16-10-12-18(13-11-16)21-20(23)19(17-8-4-2-5-9-17)22-14-6-3-7-15-22/h2,4-5,8-13,19H,3,6-7,14-15H2,1H3,(H,21,23). The van der Waals surface area contributed by atoms with Crippen LogP contribution in [-0.4, -0.2) is 23.9 Å². The fraction of sp³-hybridized carbons (Fsp3) is 0.350. The van der Waals surface area contributed by atoms with E-state index in [2.05, 4.69) is 10.2 Å². The second kappa shape index (κ2) is 7.42. The van der Waals surface area contributed by atoms with Crippen molar-refractivity contribution in [3.8, 4) is 0 Å². The van der Waals surface area contributed by atoms with Gasteiger partial charge in [0, 0.05) is 5.69 Å². The van der Waals surface area contributed by atoms with Crippen molar-refractivity contribution in [2.24, 2.45) is 0 Å². The van der Waals surface area contributed by atoms with Gasteiger partial charge in [-0.15, -0.1) is 0 Å². The molecule has 2 aromatic rings. The van der Waals surface area contributed by atoms with E-state index in [1.165, 1.54) is 24.8 Å². The van der Waals surface area contributed by atoms with Crippen molar-refractivity contribution < 1.29 is 4.79 Å². The van der Waals surface area contributed by atoms with Crippen LogP contribution in [-0.2, 0) is 4.79 Å². The summed E-state index contributed by atoms with van der Waals surface area (Å²) in [6, 6.07) is 17.9. The van der Waals surface area contributed by atoms with Gasteiger partial charge in [0.1, 0.15) is 6.04 Å². The molecular weight excluding hydrogens is 284 g/mol. The second-order valence-corrected chi connectivity index (χ2v) is 6.27. The van der Waals surface area contributed by atoms with Crippen LogP contribution in [0.2, 0.25) is 0 Å². The van der Waals surface area contributed by atoms with Crippen LogP contribution in [0.3, 0.4) is 0 Å². The van der Waals surface area contributed by atoms with Crippen molar-refractivity contribution in [3.05, 3.63) is 65.7 Å². The molecule has 1 fully saturated rings. The molecule has 3 rings (SSSR count). The molecule has 0 bridgehead atoms. The molecular formula is C20H24N2O. The van der Waals surface area contributed by atoms with Gasteiger partial charge >= 0.3 is 0 Å². The Morgan fingerprint density at radius 3 is 2.26 bits per heavy atom. The van der Waals surface area contributed by atoms with Crippen molar-refractivity contribution in [2.75, 3.05) is 18.4 Å². The number of nitrogens with zero attached hydrogens (tertiary/aromatic N) is 1. The molecule has 0 aliphatic carbocycles. The lowest BCUT2D eigenvalue weighted by Crippen LogP contribution is -2.40. The number of nitrogens with one attached hydrogen (secondary N) is 1. The molecule has 0 radical (unpaired) electrons. The number of hydrogen-bond acceptors (Lipinski definition) is 2. The highest BCUT2D eigenvalue weighted by atomic mass is 16.2. The number of carbonyl (C=O) groups excluding carboxylic acids is 1. The first-order valence-corrected chi connectivity index (χ1v) is 8.40. The lowest BCUT2D eigenvalue weighted by atomic mass is 10.0. The number of benzene rings is 2. The number of aryl methyl sites for hydroxylation is 1. The van der Waals surface area contributed by atoms with Gasteiger partial charge in [-0.05, 0) is 50.6 Å². The smallest absolute Gasteiger partial charge is 0.246 e. The highest BCUT2D eigenvalue weighted by Crippen LogP contribution is 2.26. The zero-order valence-electron chi connectivity index (χ0n) is 13.7. The highest BCUT2D eigenvalue weighted by molar-refractivity contribution is 5.95. The number of anilines is 1. The minimum atomic E-state index is -0.210. The molecule has 3 nitrogen and oxygen atoms in total. The van der Waals surface area contributed by atoms with E-state index in [0.29, 0.717) is 0 Å². The monoisotopic (exact) mass is 308 g/mol. The maximum absolute atomic E-state index is 12.9. The van der Waals surface area contributed by atoms with Gasteiger partial charge in [0.05, 0.1) is 0 Å². The van der Waals surface area contributed by atoms with E-state index in [4.69, 9.17) is 0 Å². The summed E-state index contributed by atoms with van der Waals surface area (Å²) in [6.07, 6.45) is 3.60. The zero-order chi connectivity index (χ0) is 16.1. The predicted octanol–water partition coefficient (Wildman–Crippen LogP) is 4.16. The van der Waals surface area contributed by atoms with Crippen LogP contribution in [0.1, 0.15) is 36.4 Å². The minimum absolute atomic E-state index is 0.0574. The van der Waals surface area contributed by atoms with Gasteiger partial charge in [-0.2, -0.15) is 0 Å². The first-order chi connectivity index (χ1) is 11.2. The van der Waals surface area contributed by atoms with E-state index in [1.54, 1.807) is 0 Å². The molecule has 3 heteroatoms. The number of carbonyl (C=O) groups is 1. The molecule has 0 saturated carbocycles. The average Bonchev–Trinajstić information content (AvgIpc) is 2.59. The van der Waals surface area contributed by atoms with Crippen LogP contribution >= 0.6 is 0 Å². The van der Waals surface area contributed by atoms with Crippen LogP contribution in [0.5, 0.6) is 0 Å². The third-order valence-corrected chi connectivity index (χ3v) is 4.44. The van der Waals surface area contributed by atoms with Gasteiger partial charge in [-0.25, -0.2) is 0 Å². The van der Waals surface area contributed by atoms with Crippen molar-refractivity contribution in [1.82, 2.24) is 4.90 Å². The Labute approximate surface area is 138 Å². The molecule has 1 amide bonds. The second-order valence-electron chi connectivity index (χ2n) is 6.27. The summed E-state index contributed by atoms with van der Waals surface area (Å²) in [5, 5.41) is 3.08. The quantitative estimate of drug-likeness (QED) is 0.920. The molecule has 1 aliphatic rings. The van der Waals surface area contributed by atoms with E-state index in [0.717, 1.165) is 24.3 Å². The van der Waals surface area contributed by atoms with Crippen LogP contribution < -0.4 is 5.32 Å². The minimum Gasteiger partial charge on any atom is -0.324 e. The van der Waals surface area contributed by atoms with Crippen molar-refractivity contribution in [3.63, 3.8) is 0 Å². The molecule has 1 unspecified atom stereocenters. The van der Waals surface area contributed by atoms with Crippen molar-refractivity contribution >= 4 is 11.6 Å². The summed E-state index contributed by atoms with van der Waals surface area (Å²) < 4.78 is 0. The van der Waals surface area contributed by atoms with Gasteiger partial charge in [0.15, 0.2) is 0 Å². The number of piperidine rings is 1. The Kier molecular flexibility index (Phi) is 5.09. The number of rotatable bonds is 4. The molecule has 1 aliphatic heterocycles. The number of amides is 1. The first kappa shape index (κ1) is 15.8. The topological polar surface area (TPSA) is 32.3 Å². The third-order valence-electron chi connectivity index (χ3n) is 4.44. The van der Waals surface area contributed by atoms with Crippen molar-refractivity contribution in [2.45, 2.75) is 32.2 Å². The van der Waals surface area contributed by atoms with Crippen LogP contribution in [0.25, 0.3) is 0 Å². The molecule has 1 heterocycles. The summed E-state index contributed by atoms with van der Waals surface area (Å²) >= 11 is 0. The average molecular weight is 308 g/mol. The summed E-state index contributed by atoms with van der Waals surface area (Å²) in [4.78, 5) is 15.3. The lowest BCUT2D eigenvalue weighted by molar-refractivity contribution is -0.122. The van der Waals surface area contributed by atoms with Crippen molar-refractivity contribution in [1.29, 1.82) is 0 Å². The maximum atomic E-state index is 12.9. The van der Waals surface area contributed by atoms with Gasteiger partial charge < -0.3 is 5.32 Å². The van der Waals surface area contributed by atoms with Crippen LogP contribution in [0, 0.1) is 6.92 Å². The molecule has 2 aromatic carbocycles. The van der Waals surface area contributed by atoms with E-state index >= 15 is 0 Å². The molecule has 23 heavy (non-hydrogen) atoms. The Morgan fingerprint density at radius 1 is 0.957 bits per heavy atom. The van der Waals surface area contributed by atoms with Gasteiger partial charge in [-0.3, -0.25) is 9.69 Å². The van der Waals surface area contributed by atoms with E-state index in [-0.39, 0.29) is 11.9 Å². The number of likely N-dealkylation sites (tertiary alicyclic amines) is 1. The third kappa shape index (κ3) is 3.99. The first-order valence-electron chi connectivity index (χ1n) is 8.40. The summed E-state index contributed by atoms with van der Waals surface area (Å²) in [6.45, 7) is 4.02. The lowest BCUT2D eigenvalue weighted by Gasteiger charge is -2.33. The molecule has 1 saturated heterocycles. The molecule has 120 valence electrons.